The highest BCUT2D eigenvalue weighted by Crippen LogP contribution is 2.32. The molecular formula is C31H36N8O9. The van der Waals surface area contributed by atoms with Crippen LogP contribution in [0.4, 0.5) is 16.3 Å². The summed E-state index contributed by atoms with van der Waals surface area (Å²) >= 11 is 0. The Morgan fingerprint density at radius 1 is 1.23 bits per heavy atom. The number of nitro groups is 1. The summed E-state index contributed by atoms with van der Waals surface area (Å²) in [6.07, 6.45) is -0.0789. The van der Waals surface area contributed by atoms with Crippen LogP contribution >= 0.6 is 0 Å². The first-order valence-corrected chi connectivity index (χ1v) is 15.3. The molecule has 0 bridgehead atoms. The second-order valence-corrected chi connectivity index (χ2v) is 12.1. The predicted molar refractivity (Wildman–Crippen MR) is 168 cm³/mol. The molecule has 2 aromatic heterocycles. The van der Waals surface area contributed by atoms with E-state index >= 15 is 0 Å². The highest BCUT2D eigenvalue weighted by molar-refractivity contribution is 5.95. The number of likely N-dealkylation sites (N-methyl/N-ethyl adjacent to an activating group) is 1. The summed E-state index contributed by atoms with van der Waals surface area (Å²) < 4.78 is 12.7. The lowest BCUT2D eigenvalue weighted by atomic mass is 9.92. The molecule has 48 heavy (non-hydrogen) atoms. The number of nitrogens with zero attached hydrogens (tertiary/aromatic N) is 8. The molecule has 3 aromatic rings. The summed E-state index contributed by atoms with van der Waals surface area (Å²) in [6, 6.07) is 6.83. The van der Waals surface area contributed by atoms with Crippen molar-refractivity contribution in [3.05, 3.63) is 52.5 Å². The molecule has 4 heterocycles. The number of likely N-dealkylation sites (tertiary alicyclic amines) is 1. The van der Waals surface area contributed by atoms with Gasteiger partial charge in [-0.1, -0.05) is 6.92 Å². The predicted octanol–water partition coefficient (Wildman–Crippen LogP) is 2.36. The molecule has 1 aromatic carbocycles. The van der Waals surface area contributed by atoms with E-state index in [1.54, 1.807) is 17.2 Å². The van der Waals surface area contributed by atoms with Crippen LogP contribution in [0.1, 0.15) is 38.2 Å². The van der Waals surface area contributed by atoms with Crippen molar-refractivity contribution in [2.45, 2.75) is 63.7 Å². The van der Waals surface area contributed by atoms with E-state index in [0.717, 1.165) is 6.42 Å². The smallest absolute Gasteiger partial charge is 0.333 e. The number of hydrogen-bond donors (Lipinski definition) is 2. The maximum Gasteiger partial charge on any atom is 0.333 e. The number of aliphatic hydroxyl groups excluding tert-OH is 1. The number of fused-ring (bicyclic) bond motifs is 1. The van der Waals surface area contributed by atoms with Gasteiger partial charge in [-0.15, -0.1) is 0 Å². The van der Waals surface area contributed by atoms with E-state index in [4.69, 9.17) is 14.7 Å². The lowest BCUT2D eigenvalue weighted by molar-refractivity contribution is -0.385. The molecule has 0 unspecified atom stereocenters. The number of hydrogen-bond acceptors (Lipinski definition) is 12. The number of nitro benzene ring substituents is 1. The van der Waals surface area contributed by atoms with Crippen molar-refractivity contribution in [3.8, 4) is 11.8 Å². The number of amides is 2. The standard InChI is InChI=1S/C31H36N8O9/c1-18-7-10-37(26(41)6-9-32)16-23(18)36(3)28-22-8-11-38(29(22)34-17-33-28)31(44)35(2)15-19-12-20(39(45)46)4-5-24(19)47-27-14-21(40)13-25(48-27)30(42)43/h4-5,8,11-12,17-18,21,23,25,27,40H,6-7,10,13-16H2,1-3H3,(H,42,43)/t18-,21+,23+,25+,27-/m1/s1. The van der Waals surface area contributed by atoms with Crippen molar-refractivity contribution in [1.82, 2.24) is 24.3 Å². The summed E-state index contributed by atoms with van der Waals surface area (Å²) in [7, 11) is 3.37. The van der Waals surface area contributed by atoms with Gasteiger partial charge < -0.3 is 34.4 Å². The summed E-state index contributed by atoms with van der Waals surface area (Å²) in [6.45, 7) is 2.94. The molecule has 2 aliphatic heterocycles. The van der Waals surface area contributed by atoms with Crippen molar-refractivity contribution in [2.24, 2.45) is 5.92 Å². The molecule has 2 fully saturated rings. The SMILES string of the molecule is C[C@@H]1CCN(C(=O)CC#N)C[C@@H]1N(C)c1ncnc2c1ccn2C(=O)N(C)Cc1cc([N+](=O)[O-])ccc1O[C@H]1C[C@@H](O)C[C@@H](C(=O)O)O1. The number of carbonyl (C=O) groups excluding carboxylic acids is 2. The first-order chi connectivity index (χ1) is 22.9. The van der Waals surface area contributed by atoms with Crippen LogP contribution in [0.15, 0.2) is 36.8 Å². The molecule has 5 atom stereocenters. The second-order valence-electron chi connectivity index (χ2n) is 12.1. The average molecular weight is 665 g/mol. The minimum absolute atomic E-state index is 0.0192. The van der Waals surface area contributed by atoms with Crippen LogP contribution in [0.2, 0.25) is 0 Å². The lowest BCUT2D eigenvalue weighted by Gasteiger charge is -2.42. The topological polar surface area (TPSA) is 217 Å². The van der Waals surface area contributed by atoms with Crippen LogP contribution in [0.3, 0.4) is 0 Å². The Morgan fingerprint density at radius 2 is 2.00 bits per heavy atom. The Bertz CT molecular complexity index is 1760. The van der Waals surface area contributed by atoms with E-state index in [1.165, 1.54) is 41.0 Å². The summed E-state index contributed by atoms with van der Waals surface area (Å²) in [5, 5.41) is 40.7. The van der Waals surface area contributed by atoms with Crippen LogP contribution in [-0.2, 0) is 20.9 Å². The number of rotatable bonds is 9. The van der Waals surface area contributed by atoms with Gasteiger partial charge in [0.1, 0.15) is 24.3 Å². The molecule has 0 saturated carbocycles. The first-order valence-electron chi connectivity index (χ1n) is 15.3. The lowest BCUT2D eigenvalue weighted by Crippen LogP contribution is -2.52. The number of non-ortho nitro benzene ring substituents is 1. The number of piperidine rings is 1. The minimum atomic E-state index is -1.29. The van der Waals surface area contributed by atoms with Crippen molar-refractivity contribution in [2.75, 3.05) is 32.1 Å². The zero-order chi connectivity index (χ0) is 34.7. The van der Waals surface area contributed by atoms with Crippen molar-refractivity contribution in [1.29, 1.82) is 5.26 Å². The van der Waals surface area contributed by atoms with Gasteiger partial charge in [-0.2, -0.15) is 5.26 Å². The van der Waals surface area contributed by atoms with Gasteiger partial charge >= 0.3 is 12.0 Å². The van der Waals surface area contributed by atoms with E-state index < -0.39 is 35.4 Å². The van der Waals surface area contributed by atoms with Gasteiger partial charge in [0, 0.05) is 63.9 Å². The third kappa shape index (κ3) is 7.14. The third-order valence-electron chi connectivity index (χ3n) is 8.79. The maximum atomic E-state index is 13.8. The van der Waals surface area contributed by atoms with E-state index in [1.807, 2.05) is 18.0 Å². The zero-order valence-corrected chi connectivity index (χ0v) is 26.6. The number of nitriles is 1. The highest BCUT2D eigenvalue weighted by atomic mass is 16.7. The molecule has 2 amide bonds. The van der Waals surface area contributed by atoms with Gasteiger partial charge in [-0.25, -0.2) is 19.6 Å². The Morgan fingerprint density at radius 3 is 2.71 bits per heavy atom. The molecule has 0 radical (unpaired) electrons. The monoisotopic (exact) mass is 664 g/mol. The third-order valence-corrected chi connectivity index (χ3v) is 8.79. The minimum Gasteiger partial charge on any atom is -0.479 e. The van der Waals surface area contributed by atoms with Gasteiger partial charge in [0.25, 0.3) is 5.69 Å². The second kappa shape index (κ2) is 14.2. The number of carboxylic acid groups (broad SMARTS) is 1. The fourth-order valence-corrected chi connectivity index (χ4v) is 6.15. The van der Waals surface area contributed by atoms with Crippen LogP contribution in [-0.4, -0.2) is 109 Å². The maximum absolute atomic E-state index is 13.8. The van der Waals surface area contributed by atoms with Crippen LogP contribution < -0.4 is 9.64 Å². The molecule has 0 spiro atoms. The molecule has 0 aliphatic carbocycles. The zero-order valence-electron chi connectivity index (χ0n) is 26.6. The number of anilines is 1. The molecule has 2 N–H and O–H groups in total. The van der Waals surface area contributed by atoms with Crippen molar-refractivity contribution in [3.63, 3.8) is 0 Å². The number of aliphatic carboxylic acids is 1. The van der Waals surface area contributed by atoms with Gasteiger partial charge in [0.15, 0.2) is 11.8 Å². The normalized spacial score (nSPS) is 22.5. The number of carboxylic acids is 1. The van der Waals surface area contributed by atoms with Gasteiger partial charge in [-0.05, 0) is 24.5 Å². The number of ether oxygens (including phenoxy) is 2. The highest BCUT2D eigenvalue weighted by Gasteiger charge is 2.35. The number of benzene rings is 1. The van der Waals surface area contributed by atoms with Gasteiger partial charge in [0.2, 0.25) is 12.2 Å². The number of aromatic nitrogens is 3. The van der Waals surface area contributed by atoms with Crippen molar-refractivity contribution >= 4 is 40.4 Å². The molecule has 254 valence electrons. The van der Waals surface area contributed by atoms with Crippen LogP contribution in [0, 0.1) is 27.4 Å². The number of carbonyl (C=O) groups is 3. The van der Waals surface area contributed by atoms with E-state index in [0.29, 0.717) is 29.9 Å². The fourth-order valence-electron chi connectivity index (χ4n) is 6.15. The van der Waals surface area contributed by atoms with E-state index in [-0.39, 0.29) is 60.7 Å². The molecule has 17 heteroatoms. The van der Waals surface area contributed by atoms with Crippen LogP contribution in [0.5, 0.6) is 5.75 Å². The number of aliphatic hydroxyl groups is 1. The Labute approximate surface area is 275 Å². The van der Waals surface area contributed by atoms with Crippen LogP contribution in [0.25, 0.3) is 11.0 Å². The van der Waals surface area contributed by atoms with Gasteiger partial charge in [0.05, 0.1) is 35.1 Å². The average Bonchev–Trinajstić information content (AvgIpc) is 3.49. The largest absolute Gasteiger partial charge is 0.479 e. The Hall–Kier alpha value is -5.34. The Kier molecular flexibility index (Phi) is 10.1. The van der Waals surface area contributed by atoms with Gasteiger partial charge in [-0.3, -0.25) is 19.5 Å². The molecule has 2 saturated heterocycles. The summed E-state index contributed by atoms with van der Waals surface area (Å²) in [4.78, 5) is 62.5. The van der Waals surface area contributed by atoms with E-state index in [2.05, 4.69) is 16.9 Å². The molecular weight excluding hydrogens is 628 g/mol. The summed E-state index contributed by atoms with van der Waals surface area (Å²) in [5.41, 5.74) is 0.330. The quantitative estimate of drug-likeness (QED) is 0.248. The molecule has 2 aliphatic rings. The molecule has 17 nitrogen and oxygen atoms in total. The van der Waals surface area contributed by atoms with Crippen molar-refractivity contribution < 1.29 is 39.0 Å². The Balaban J connectivity index is 1.37. The summed E-state index contributed by atoms with van der Waals surface area (Å²) in [5.74, 6) is -0.583. The van der Waals surface area contributed by atoms with E-state index in [9.17, 15) is 34.7 Å². The molecule has 5 rings (SSSR count). The fraction of sp³-hybridized carbons (Fsp3) is 0.484. The first kappa shape index (κ1) is 34.0.